The molecule has 0 saturated carbocycles. The van der Waals surface area contributed by atoms with Gasteiger partial charge in [0.2, 0.25) is 0 Å². The van der Waals surface area contributed by atoms with E-state index in [9.17, 15) is 4.39 Å². The Kier molecular flexibility index (Phi) is 6.50. The lowest BCUT2D eigenvalue weighted by atomic mass is 10.1. The topological polar surface area (TPSA) is 30.5 Å². The summed E-state index contributed by atoms with van der Waals surface area (Å²) in [4.78, 5) is 1.26. The molecule has 0 fully saturated rings. The summed E-state index contributed by atoms with van der Waals surface area (Å²) in [5, 5.41) is 5.79. The van der Waals surface area contributed by atoms with Gasteiger partial charge in [0.15, 0.2) is 11.5 Å². The molecule has 0 atom stereocenters. The molecule has 0 radical (unpaired) electrons. The third-order valence-electron chi connectivity index (χ3n) is 3.90. The zero-order valence-electron chi connectivity index (χ0n) is 14.3. The van der Waals surface area contributed by atoms with Crippen molar-refractivity contribution in [3.63, 3.8) is 0 Å². The van der Waals surface area contributed by atoms with Gasteiger partial charge in [-0.3, -0.25) is 0 Å². The van der Waals surface area contributed by atoms with Crippen molar-refractivity contribution in [3.8, 4) is 11.5 Å². The van der Waals surface area contributed by atoms with E-state index in [1.807, 2.05) is 24.3 Å². The number of thiophene rings is 1. The van der Waals surface area contributed by atoms with E-state index in [0.717, 1.165) is 12.1 Å². The van der Waals surface area contributed by atoms with E-state index in [1.165, 1.54) is 10.9 Å². The molecule has 26 heavy (non-hydrogen) atoms. The number of ether oxygens (including phenoxy) is 2. The standard InChI is InChI=1S/C20H19ClFNO2S/c1-24-19-9-2-5-14(11-23-12-15-6-4-10-26-15)20(19)25-13-16-17(21)7-3-8-18(16)22/h2-10,23H,11-13H2,1H3. The molecule has 3 nitrogen and oxygen atoms in total. The van der Waals surface area contributed by atoms with Crippen LogP contribution in [-0.2, 0) is 19.7 Å². The average molecular weight is 392 g/mol. The molecule has 6 heteroatoms. The van der Waals surface area contributed by atoms with Crippen LogP contribution >= 0.6 is 22.9 Å². The van der Waals surface area contributed by atoms with Crippen molar-refractivity contribution in [2.45, 2.75) is 19.7 Å². The summed E-state index contributed by atoms with van der Waals surface area (Å²) in [5.74, 6) is 0.811. The van der Waals surface area contributed by atoms with Gasteiger partial charge in [0.1, 0.15) is 12.4 Å². The minimum absolute atomic E-state index is 0.0316. The molecule has 0 aliphatic heterocycles. The number of hydrogen-bond donors (Lipinski definition) is 1. The molecule has 0 aliphatic rings. The van der Waals surface area contributed by atoms with Gasteiger partial charge in [-0.1, -0.05) is 35.9 Å². The summed E-state index contributed by atoms with van der Waals surface area (Å²) in [6.45, 7) is 1.41. The minimum atomic E-state index is -0.384. The summed E-state index contributed by atoms with van der Waals surface area (Å²) in [6.07, 6.45) is 0. The average Bonchev–Trinajstić information content (AvgIpc) is 3.15. The highest BCUT2D eigenvalue weighted by atomic mass is 35.5. The first-order valence-electron chi connectivity index (χ1n) is 8.13. The molecule has 3 aromatic rings. The predicted octanol–water partition coefficient (Wildman–Crippen LogP) is 5.42. The van der Waals surface area contributed by atoms with Crippen LogP contribution < -0.4 is 14.8 Å². The number of benzene rings is 2. The lowest BCUT2D eigenvalue weighted by molar-refractivity contribution is 0.276. The molecule has 0 saturated heterocycles. The van der Waals surface area contributed by atoms with Crippen molar-refractivity contribution in [2.24, 2.45) is 0 Å². The molecule has 1 heterocycles. The maximum absolute atomic E-state index is 14.0. The maximum Gasteiger partial charge on any atom is 0.166 e. The SMILES string of the molecule is COc1cccc(CNCc2cccs2)c1OCc1c(F)cccc1Cl. The van der Waals surface area contributed by atoms with Crippen LogP contribution in [0.1, 0.15) is 16.0 Å². The molecule has 0 bridgehead atoms. The van der Waals surface area contributed by atoms with Crippen LogP contribution in [0.4, 0.5) is 4.39 Å². The normalized spacial score (nSPS) is 10.7. The van der Waals surface area contributed by atoms with Crippen LogP contribution in [0.2, 0.25) is 5.02 Å². The first-order chi connectivity index (χ1) is 12.7. The third kappa shape index (κ3) is 4.55. The van der Waals surface area contributed by atoms with E-state index >= 15 is 0 Å². The Morgan fingerprint density at radius 1 is 1.08 bits per heavy atom. The summed E-state index contributed by atoms with van der Waals surface area (Å²) < 4.78 is 25.3. The molecular weight excluding hydrogens is 373 g/mol. The monoisotopic (exact) mass is 391 g/mol. The molecule has 3 rings (SSSR count). The lowest BCUT2D eigenvalue weighted by Crippen LogP contribution is -2.13. The molecule has 0 spiro atoms. The van der Waals surface area contributed by atoms with Gasteiger partial charge in [-0.2, -0.15) is 0 Å². The summed E-state index contributed by atoms with van der Waals surface area (Å²) in [5.41, 5.74) is 1.27. The van der Waals surface area contributed by atoms with Crippen molar-refractivity contribution < 1.29 is 13.9 Å². The smallest absolute Gasteiger partial charge is 0.166 e. The summed E-state index contributed by atoms with van der Waals surface area (Å²) in [6, 6.07) is 14.4. The zero-order valence-corrected chi connectivity index (χ0v) is 15.9. The predicted molar refractivity (Wildman–Crippen MR) is 104 cm³/mol. The molecule has 0 unspecified atom stereocenters. The van der Waals surface area contributed by atoms with E-state index < -0.39 is 0 Å². The second kappa shape index (κ2) is 9.03. The molecule has 2 aromatic carbocycles. The van der Waals surface area contributed by atoms with Gasteiger partial charge in [0.05, 0.1) is 12.1 Å². The van der Waals surface area contributed by atoms with Crippen LogP contribution in [0.5, 0.6) is 11.5 Å². The van der Waals surface area contributed by atoms with Crippen molar-refractivity contribution in [1.29, 1.82) is 0 Å². The number of para-hydroxylation sites is 1. The number of halogens is 2. The quantitative estimate of drug-likeness (QED) is 0.556. The van der Waals surface area contributed by atoms with E-state index in [0.29, 0.717) is 28.6 Å². The molecular formula is C20H19ClFNO2S. The fourth-order valence-corrected chi connectivity index (χ4v) is 3.47. The Labute approximate surface area is 161 Å². The number of nitrogens with one attached hydrogen (secondary N) is 1. The van der Waals surface area contributed by atoms with E-state index in [1.54, 1.807) is 30.6 Å². The molecule has 1 N–H and O–H groups in total. The maximum atomic E-state index is 14.0. The highest BCUT2D eigenvalue weighted by Crippen LogP contribution is 2.33. The second-order valence-corrected chi connectivity index (χ2v) is 7.06. The van der Waals surface area contributed by atoms with Crippen molar-refractivity contribution in [3.05, 3.63) is 80.8 Å². The number of rotatable bonds is 8. The largest absolute Gasteiger partial charge is 0.493 e. The molecule has 0 aliphatic carbocycles. The van der Waals surface area contributed by atoms with Gasteiger partial charge < -0.3 is 14.8 Å². The Hall–Kier alpha value is -2.08. The Morgan fingerprint density at radius 3 is 2.65 bits per heavy atom. The minimum Gasteiger partial charge on any atom is -0.493 e. The third-order valence-corrected chi connectivity index (χ3v) is 5.13. The van der Waals surface area contributed by atoms with Gasteiger partial charge in [0.25, 0.3) is 0 Å². The lowest BCUT2D eigenvalue weighted by Gasteiger charge is -2.16. The van der Waals surface area contributed by atoms with Gasteiger partial charge in [-0.25, -0.2) is 4.39 Å². The fraction of sp³-hybridized carbons (Fsp3) is 0.200. The van der Waals surface area contributed by atoms with Gasteiger partial charge in [0, 0.05) is 29.1 Å². The van der Waals surface area contributed by atoms with Crippen LogP contribution in [0.3, 0.4) is 0 Å². The van der Waals surface area contributed by atoms with E-state index in [-0.39, 0.29) is 12.4 Å². The Bertz CT molecular complexity index is 835. The van der Waals surface area contributed by atoms with E-state index in [4.69, 9.17) is 21.1 Å². The second-order valence-electron chi connectivity index (χ2n) is 5.62. The first kappa shape index (κ1) is 18.7. The van der Waals surface area contributed by atoms with Crippen LogP contribution in [-0.4, -0.2) is 7.11 Å². The fourth-order valence-electron chi connectivity index (χ4n) is 2.57. The van der Waals surface area contributed by atoms with Crippen molar-refractivity contribution >= 4 is 22.9 Å². The number of methoxy groups -OCH3 is 1. The van der Waals surface area contributed by atoms with E-state index in [2.05, 4.69) is 16.8 Å². The van der Waals surface area contributed by atoms with Crippen molar-refractivity contribution in [1.82, 2.24) is 5.32 Å². The van der Waals surface area contributed by atoms with Gasteiger partial charge in [-0.05, 0) is 29.6 Å². The Balaban J connectivity index is 1.74. The van der Waals surface area contributed by atoms with Crippen LogP contribution in [0.15, 0.2) is 53.9 Å². The summed E-state index contributed by atoms with van der Waals surface area (Å²) >= 11 is 7.79. The summed E-state index contributed by atoms with van der Waals surface area (Å²) in [7, 11) is 1.58. The zero-order chi connectivity index (χ0) is 18.4. The molecule has 0 amide bonds. The van der Waals surface area contributed by atoms with Crippen LogP contribution in [0, 0.1) is 5.82 Å². The highest BCUT2D eigenvalue weighted by molar-refractivity contribution is 7.09. The Morgan fingerprint density at radius 2 is 1.92 bits per heavy atom. The molecule has 1 aromatic heterocycles. The van der Waals surface area contributed by atoms with Gasteiger partial charge >= 0.3 is 0 Å². The van der Waals surface area contributed by atoms with Crippen molar-refractivity contribution in [2.75, 3.05) is 7.11 Å². The first-order valence-corrected chi connectivity index (χ1v) is 9.39. The van der Waals surface area contributed by atoms with Gasteiger partial charge in [-0.15, -0.1) is 11.3 Å². The van der Waals surface area contributed by atoms with Crippen LogP contribution in [0.25, 0.3) is 0 Å². The number of hydrogen-bond acceptors (Lipinski definition) is 4. The highest BCUT2D eigenvalue weighted by Gasteiger charge is 2.13. The molecule has 136 valence electrons.